The molecule has 1 N–H and O–H groups in total. The molecule has 0 saturated heterocycles. The molecule has 0 aromatic heterocycles. The van der Waals surface area contributed by atoms with Crippen LogP contribution >= 0.6 is 0 Å². The normalized spacial score (nSPS) is 10.6. The minimum atomic E-state index is -0.165. The molecule has 0 aliphatic heterocycles. The topological polar surface area (TPSA) is 15.3 Å². The first-order chi connectivity index (χ1) is 8.77. The van der Waals surface area contributed by atoms with Crippen molar-refractivity contribution in [2.24, 2.45) is 0 Å². The molecule has 0 radical (unpaired) electrons. The predicted octanol–water partition coefficient (Wildman–Crippen LogP) is 3.43. The molecule has 102 valence electrons. The van der Waals surface area contributed by atoms with Gasteiger partial charge < -0.3 is 10.2 Å². The van der Waals surface area contributed by atoms with Crippen LogP contribution in [0.4, 0.5) is 10.1 Å². The molecule has 1 aromatic carbocycles. The van der Waals surface area contributed by atoms with Crippen LogP contribution in [0.3, 0.4) is 0 Å². The van der Waals surface area contributed by atoms with Crippen LogP contribution in [0.1, 0.15) is 33.1 Å². The highest BCUT2D eigenvalue weighted by Crippen LogP contribution is 2.14. The van der Waals surface area contributed by atoms with Crippen molar-refractivity contribution >= 4 is 5.69 Å². The summed E-state index contributed by atoms with van der Waals surface area (Å²) >= 11 is 0. The fourth-order valence-corrected chi connectivity index (χ4v) is 1.98. The van der Waals surface area contributed by atoms with E-state index in [0.717, 1.165) is 31.9 Å². The van der Waals surface area contributed by atoms with Gasteiger partial charge >= 0.3 is 0 Å². The standard InChI is InChI=1S/C15H25FN2/c1-3-5-6-10-17-11-12-18(4-2)15-9-7-8-14(16)13-15/h7-9,13,17H,3-6,10-12H2,1-2H3. The van der Waals surface area contributed by atoms with E-state index in [9.17, 15) is 4.39 Å². The molecule has 0 spiro atoms. The summed E-state index contributed by atoms with van der Waals surface area (Å²) < 4.78 is 13.1. The third-order valence-corrected chi connectivity index (χ3v) is 3.07. The number of unbranched alkanes of at least 4 members (excludes halogenated alkanes) is 2. The zero-order valence-electron chi connectivity index (χ0n) is 11.6. The van der Waals surface area contributed by atoms with E-state index in [-0.39, 0.29) is 5.82 Å². The molecule has 0 aliphatic rings. The molecule has 18 heavy (non-hydrogen) atoms. The van der Waals surface area contributed by atoms with Gasteiger partial charge in [0.1, 0.15) is 5.82 Å². The van der Waals surface area contributed by atoms with Crippen LogP contribution in [-0.4, -0.2) is 26.2 Å². The van der Waals surface area contributed by atoms with Gasteiger partial charge in [0, 0.05) is 25.3 Å². The average molecular weight is 252 g/mol. The van der Waals surface area contributed by atoms with Gasteiger partial charge in [-0.1, -0.05) is 25.8 Å². The first-order valence-electron chi connectivity index (χ1n) is 6.99. The van der Waals surface area contributed by atoms with Gasteiger partial charge in [0.15, 0.2) is 0 Å². The van der Waals surface area contributed by atoms with Crippen LogP contribution in [0, 0.1) is 5.82 Å². The number of hydrogen-bond acceptors (Lipinski definition) is 2. The summed E-state index contributed by atoms with van der Waals surface area (Å²) in [5, 5.41) is 3.43. The lowest BCUT2D eigenvalue weighted by molar-refractivity contribution is 0.607. The highest BCUT2D eigenvalue weighted by atomic mass is 19.1. The molecule has 0 heterocycles. The van der Waals surface area contributed by atoms with Crippen molar-refractivity contribution in [3.63, 3.8) is 0 Å². The molecule has 0 atom stereocenters. The largest absolute Gasteiger partial charge is 0.370 e. The maximum Gasteiger partial charge on any atom is 0.125 e. The van der Waals surface area contributed by atoms with Crippen LogP contribution in [0.2, 0.25) is 0 Å². The van der Waals surface area contributed by atoms with Crippen molar-refractivity contribution in [2.45, 2.75) is 33.1 Å². The Hall–Kier alpha value is -1.09. The molecular formula is C15H25FN2. The molecule has 1 rings (SSSR count). The van der Waals surface area contributed by atoms with Crippen molar-refractivity contribution in [1.82, 2.24) is 5.32 Å². The van der Waals surface area contributed by atoms with E-state index in [1.54, 1.807) is 12.1 Å². The van der Waals surface area contributed by atoms with E-state index in [2.05, 4.69) is 24.1 Å². The fourth-order valence-electron chi connectivity index (χ4n) is 1.98. The monoisotopic (exact) mass is 252 g/mol. The Morgan fingerprint density at radius 1 is 1.17 bits per heavy atom. The summed E-state index contributed by atoms with van der Waals surface area (Å²) in [7, 11) is 0. The Kier molecular flexibility index (Phi) is 7.42. The van der Waals surface area contributed by atoms with Gasteiger partial charge in [-0.3, -0.25) is 0 Å². The third kappa shape index (κ3) is 5.50. The second kappa shape index (κ2) is 8.92. The third-order valence-electron chi connectivity index (χ3n) is 3.07. The molecule has 1 aromatic rings. The van der Waals surface area contributed by atoms with Crippen LogP contribution in [0.25, 0.3) is 0 Å². The number of nitrogens with one attached hydrogen (secondary N) is 1. The van der Waals surface area contributed by atoms with Gasteiger partial charge in [-0.15, -0.1) is 0 Å². The second-order valence-electron chi connectivity index (χ2n) is 4.52. The molecule has 0 bridgehead atoms. The summed E-state index contributed by atoms with van der Waals surface area (Å²) in [4.78, 5) is 2.19. The fraction of sp³-hybridized carbons (Fsp3) is 0.600. The van der Waals surface area contributed by atoms with E-state index in [1.165, 1.54) is 25.3 Å². The van der Waals surface area contributed by atoms with Crippen LogP contribution in [0.15, 0.2) is 24.3 Å². The maximum absolute atomic E-state index is 13.1. The Balaban J connectivity index is 2.29. The summed E-state index contributed by atoms with van der Waals surface area (Å²) in [6.07, 6.45) is 3.78. The smallest absolute Gasteiger partial charge is 0.125 e. The lowest BCUT2D eigenvalue weighted by Crippen LogP contribution is -2.32. The number of rotatable bonds is 9. The van der Waals surface area contributed by atoms with Crippen molar-refractivity contribution in [1.29, 1.82) is 0 Å². The van der Waals surface area contributed by atoms with E-state index >= 15 is 0 Å². The summed E-state index contributed by atoms with van der Waals surface area (Å²) in [6.45, 7) is 8.17. The summed E-state index contributed by atoms with van der Waals surface area (Å²) in [6, 6.07) is 6.81. The predicted molar refractivity (Wildman–Crippen MR) is 76.7 cm³/mol. The van der Waals surface area contributed by atoms with Gasteiger partial charge in [0.25, 0.3) is 0 Å². The van der Waals surface area contributed by atoms with Crippen molar-refractivity contribution in [3.05, 3.63) is 30.1 Å². The van der Waals surface area contributed by atoms with Gasteiger partial charge in [-0.25, -0.2) is 4.39 Å². The lowest BCUT2D eigenvalue weighted by Gasteiger charge is -2.23. The quantitative estimate of drug-likeness (QED) is 0.677. The number of nitrogens with zero attached hydrogens (tertiary/aromatic N) is 1. The van der Waals surface area contributed by atoms with E-state index in [1.807, 2.05) is 6.07 Å². The van der Waals surface area contributed by atoms with E-state index in [0.29, 0.717) is 0 Å². The van der Waals surface area contributed by atoms with Gasteiger partial charge in [-0.2, -0.15) is 0 Å². The average Bonchev–Trinajstić information content (AvgIpc) is 2.38. The van der Waals surface area contributed by atoms with Crippen molar-refractivity contribution in [3.8, 4) is 0 Å². The molecule has 0 saturated carbocycles. The minimum Gasteiger partial charge on any atom is -0.370 e. The van der Waals surface area contributed by atoms with Crippen LogP contribution in [0.5, 0.6) is 0 Å². The van der Waals surface area contributed by atoms with Gasteiger partial charge in [0.05, 0.1) is 0 Å². The molecule has 3 heteroatoms. The molecular weight excluding hydrogens is 227 g/mol. The van der Waals surface area contributed by atoms with E-state index in [4.69, 9.17) is 0 Å². The molecule has 0 unspecified atom stereocenters. The van der Waals surface area contributed by atoms with Gasteiger partial charge in [-0.05, 0) is 38.1 Å². The highest BCUT2D eigenvalue weighted by Gasteiger charge is 2.04. The highest BCUT2D eigenvalue weighted by molar-refractivity contribution is 5.46. The number of hydrogen-bond donors (Lipinski definition) is 1. The Labute approximate surface area is 110 Å². The van der Waals surface area contributed by atoms with Crippen molar-refractivity contribution < 1.29 is 4.39 Å². The van der Waals surface area contributed by atoms with Crippen LogP contribution < -0.4 is 10.2 Å². The molecule has 0 fully saturated rings. The SMILES string of the molecule is CCCCCNCCN(CC)c1cccc(F)c1. The first-order valence-corrected chi connectivity index (χ1v) is 6.99. The number of benzene rings is 1. The molecule has 2 nitrogen and oxygen atoms in total. The Morgan fingerprint density at radius 3 is 2.67 bits per heavy atom. The summed E-state index contributed by atoms with van der Waals surface area (Å²) in [5.41, 5.74) is 0.966. The maximum atomic E-state index is 13.1. The second-order valence-corrected chi connectivity index (χ2v) is 4.52. The Morgan fingerprint density at radius 2 is 2.00 bits per heavy atom. The number of likely N-dealkylation sites (N-methyl/N-ethyl adjacent to an activating group) is 1. The zero-order valence-corrected chi connectivity index (χ0v) is 11.6. The molecule has 0 amide bonds. The molecule has 0 aliphatic carbocycles. The Bertz CT molecular complexity index is 328. The minimum absolute atomic E-state index is 0.165. The lowest BCUT2D eigenvalue weighted by atomic mass is 10.2. The number of halogens is 1. The summed E-state index contributed by atoms with van der Waals surface area (Å²) in [5.74, 6) is -0.165. The van der Waals surface area contributed by atoms with Gasteiger partial charge in [0.2, 0.25) is 0 Å². The zero-order chi connectivity index (χ0) is 13.2. The van der Waals surface area contributed by atoms with E-state index < -0.39 is 0 Å². The van der Waals surface area contributed by atoms with Crippen LogP contribution in [-0.2, 0) is 0 Å². The first kappa shape index (κ1) is 15.0. The van der Waals surface area contributed by atoms with Crippen molar-refractivity contribution in [2.75, 3.05) is 31.1 Å². The number of anilines is 1.